The number of rotatable bonds is 11. The van der Waals surface area contributed by atoms with Gasteiger partial charge in [0, 0.05) is 13.8 Å². The summed E-state index contributed by atoms with van der Waals surface area (Å²) in [5.41, 5.74) is 0.636. The molecule has 0 aromatic heterocycles. The second-order valence-corrected chi connectivity index (χ2v) is 7.80. The number of benzene rings is 1. The molecule has 3 amide bonds. The number of aliphatic hydroxyl groups is 1. The van der Waals surface area contributed by atoms with E-state index in [9.17, 15) is 28.3 Å². The maximum Gasteiger partial charge on any atom is 0.292 e. The molecule has 168 valence electrons. The number of amides is 3. The molecule has 0 fully saturated rings. The second kappa shape index (κ2) is 11.6. The highest BCUT2D eigenvalue weighted by Gasteiger charge is 2.44. The van der Waals surface area contributed by atoms with Crippen LogP contribution in [0.25, 0.3) is 0 Å². The summed E-state index contributed by atoms with van der Waals surface area (Å²) >= 11 is 0. The number of carbonyl (C=O) groups is 3. The molecule has 0 aliphatic rings. The highest BCUT2D eigenvalue weighted by atomic mass is 19.3. The minimum Gasteiger partial charge on any atom is -0.385 e. The van der Waals surface area contributed by atoms with E-state index >= 15 is 0 Å². The third-order valence-corrected chi connectivity index (χ3v) is 4.41. The molecule has 0 saturated heterocycles. The first kappa shape index (κ1) is 25.5. The molecular formula is C21H31F2N3O4. The van der Waals surface area contributed by atoms with E-state index < -0.39 is 48.4 Å². The summed E-state index contributed by atoms with van der Waals surface area (Å²) in [6.45, 7) is 5.01. The Hall–Kier alpha value is -2.55. The van der Waals surface area contributed by atoms with Crippen molar-refractivity contribution in [1.82, 2.24) is 16.0 Å². The maximum absolute atomic E-state index is 14.5. The van der Waals surface area contributed by atoms with Crippen LogP contribution in [0.4, 0.5) is 8.78 Å². The van der Waals surface area contributed by atoms with Crippen LogP contribution in [0.2, 0.25) is 0 Å². The van der Waals surface area contributed by atoms with Gasteiger partial charge in [-0.15, -0.1) is 0 Å². The largest absolute Gasteiger partial charge is 0.385 e. The monoisotopic (exact) mass is 427 g/mol. The van der Waals surface area contributed by atoms with Gasteiger partial charge in [0.1, 0.15) is 12.1 Å². The van der Waals surface area contributed by atoms with Gasteiger partial charge in [0.05, 0.1) is 12.6 Å². The number of hydrogen-bond acceptors (Lipinski definition) is 4. The number of nitrogens with one attached hydrogen (secondary N) is 3. The maximum atomic E-state index is 14.5. The molecule has 0 saturated carbocycles. The summed E-state index contributed by atoms with van der Waals surface area (Å²) in [5.74, 6) is -5.36. The molecule has 0 bridgehead atoms. The van der Waals surface area contributed by atoms with Gasteiger partial charge in [-0.3, -0.25) is 14.4 Å². The van der Waals surface area contributed by atoms with E-state index in [4.69, 9.17) is 0 Å². The Kier molecular flexibility index (Phi) is 9.84. The predicted molar refractivity (Wildman–Crippen MR) is 109 cm³/mol. The zero-order valence-electron chi connectivity index (χ0n) is 17.7. The van der Waals surface area contributed by atoms with Crippen LogP contribution < -0.4 is 16.0 Å². The van der Waals surface area contributed by atoms with Crippen LogP contribution in [-0.2, 0) is 20.8 Å². The Balaban J connectivity index is 3.08. The standard InChI is InChI=1S/C21H31F2N3O4/c1-13(2)10-18(25-15(4)28)20(30)26-17(11-16-8-6-5-7-9-16)19(29)21(22,23)12-24-14(3)27/h5-9,13,17-19,29H,10-12H2,1-4H3,(H,24,27)(H,25,28)(H,26,30)/t17?,18-,19?/m0/s1. The fourth-order valence-corrected chi connectivity index (χ4v) is 2.98. The number of hydrogen-bond donors (Lipinski definition) is 4. The van der Waals surface area contributed by atoms with Gasteiger partial charge in [-0.1, -0.05) is 44.2 Å². The van der Waals surface area contributed by atoms with E-state index in [-0.39, 0.29) is 12.3 Å². The van der Waals surface area contributed by atoms with E-state index in [1.807, 2.05) is 19.2 Å². The lowest BCUT2D eigenvalue weighted by Gasteiger charge is -2.32. The van der Waals surface area contributed by atoms with Crippen LogP contribution in [0, 0.1) is 5.92 Å². The lowest BCUT2D eigenvalue weighted by Crippen LogP contribution is -2.59. The first-order valence-corrected chi connectivity index (χ1v) is 9.84. The number of carbonyl (C=O) groups excluding carboxylic acids is 3. The van der Waals surface area contributed by atoms with Crippen molar-refractivity contribution in [1.29, 1.82) is 0 Å². The van der Waals surface area contributed by atoms with Crippen LogP contribution in [0.15, 0.2) is 30.3 Å². The Bertz CT molecular complexity index is 713. The van der Waals surface area contributed by atoms with Crippen LogP contribution in [0.3, 0.4) is 0 Å². The molecule has 0 heterocycles. The van der Waals surface area contributed by atoms with Gasteiger partial charge < -0.3 is 21.1 Å². The summed E-state index contributed by atoms with van der Waals surface area (Å²) in [6, 6.07) is 6.32. The zero-order chi connectivity index (χ0) is 22.9. The Labute approximate surface area is 175 Å². The van der Waals surface area contributed by atoms with E-state index in [0.717, 1.165) is 6.92 Å². The van der Waals surface area contributed by atoms with Crippen molar-refractivity contribution in [2.45, 2.75) is 64.6 Å². The number of aliphatic hydroxyl groups excluding tert-OH is 1. The minimum absolute atomic E-state index is 0.0577. The molecular weight excluding hydrogens is 396 g/mol. The first-order chi connectivity index (χ1) is 13.9. The van der Waals surface area contributed by atoms with Crippen LogP contribution in [0.5, 0.6) is 0 Å². The van der Waals surface area contributed by atoms with Crippen molar-refractivity contribution < 1.29 is 28.3 Å². The molecule has 0 radical (unpaired) electrons. The Morgan fingerprint density at radius 3 is 2.13 bits per heavy atom. The highest BCUT2D eigenvalue weighted by Crippen LogP contribution is 2.23. The van der Waals surface area contributed by atoms with E-state index in [0.29, 0.717) is 12.0 Å². The molecule has 3 atom stereocenters. The van der Waals surface area contributed by atoms with Crippen molar-refractivity contribution in [2.24, 2.45) is 5.92 Å². The summed E-state index contributed by atoms with van der Waals surface area (Å²) < 4.78 is 29.0. The third kappa shape index (κ3) is 8.86. The molecule has 0 spiro atoms. The van der Waals surface area contributed by atoms with E-state index in [1.165, 1.54) is 6.92 Å². The van der Waals surface area contributed by atoms with Crippen LogP contribution in [-0.4, -0.2) is 53.5 Å². The van der Waals surface area contributed by atoms with Gasteiger partial charge in [0.25, 0.3) is 5.92 Å². The molecule has 1 aromatic rings. The molecule has 30 heavy (non-hydrogen) atoms. The average Bonchev–Trinajstić information content (AvgIpc) is 2.65. The van der Waals surface area contributed by atoms with Crippen molar-refractivity contribution in [3.63, 3.8) is 0 Å². The quantitative estimate of drug-likeness (QED) is 0.428. The summed E-state index contributed by atoms with van der Waals surface area (Å²) in [6.07, 6.45) is -2.01. The van der Waals surface area contributed by atoms with Crippen LogP contribution >= 0.6 is 0 Å². The van der Waals surface area contributed by atoms with Gasteiger partial charge in [-0.25, -0.2) is 8.78 Å². The third-order valence-electron chi connectivity index (χ3n) is 4.41. The predicted octanol–water partition coefficient (Wildman–Crippen LogP) is 1.40. The fourth-order valence-electron chi connectivity index (χ4n) is 2.98. The second-order valence-electron chi connectivity index (χ2n) is 7.80. The molecule has 2 unspecified atom stereocenters. The van der Waals surface area contributed by atoms with Gasteiger partial charge in [-0.2, -0.15) is 0 Å². The van der Waals surface area contributed by atoms with E-state index in [1.54, 1.807) is 30.3 Å². The van der Waals surface area contributed by atoms with Crippen molar-refractivity contribution in [3.05, 3.63) is 35.9 Å². The molecule has 1 rings (SSSR count). The summed E-state index contributed by atoms with van der Waals surface area (Å²) in [5, 5.41) is 17.4. The van der Waals surface area contributed by atoms with Crippen molar-refractivity contribution in [2.75, 3.05) is 6.54 Å². The van der Waals surface area contributed by atoms with E-state index in [2.05, 4.69) is 10.6 Å². The lowest BCUT2D eigenvalue weighted by atomic mass is 9.95. The number of halogens is 2. The molecule has 0 aliphatic carbocycles. The number of alkyl halides is 2. The van der Waals surface area contributed by atoms with Gasteiger partial charge in [0.2, 0.25) is 17.7 Å². The summed E-state index contributed by atoms with van der Waals surface area (Å²) in [4.78, 5) is 35.2. The topological polar surface area (TPSA) is 108 Å². The zero-order valence-corrected chi connectivity index (χ0v) is 17.7. The van der Waals surface area contributed by atoms with Gasteiger partial charge in [0.15, 0.2) is 0 Å². The lowest BCUT2D eigenvalue weighted by molar-refractivity contribution is -0.139. The van der Waals surface area contributed by atoms with Crippen molar-refractivity contribution in [3.8, 4) is 0 Å². The van der Waals surface area contributed by atoms with Crippen molar-refractivity contribution >= 4 is 17.7 Å². The smallest absolute Gasteiger partial charge is 0.292 e. The SMILES string of the molecule is CC(=O)NCC(F)(F)C(O)C(Cc1ccccc1)NC(=O)[C@H](CC(C)C)NC(C)=O. The summed E-state index contributed by atoms with van der Waals surface area (Å²) in [7, 11) is 0. The normalized spacial score (nSPS) is 14.5. The van der Waals surface area contributed by atoms with Crippen LogP contribution in [0.1, 0.15) is 39.7 Å². The molecule has 7 nitrogen and oxygen atoms in total. The molecule has 1 aromatic carbocycles. The molecule has 4 N–H and O–H groups in total. The highest BCUT2D eigenvalue weighted by molar-refractivity contribution is 5.87. The van der Waals surface area contributed by atoms with Gasteiger partial charge in [-0.05, 0) is 24.3 Å². The molecule has 0 aliphatic heterocycles. The Morgan fingerprint density at radius 2 is 1.63 bits per heavy atom. The molecule has 9 heteroatoms. The fraction of sp³-hybridized carbons (Fsp3) is 0.571. The Morgan fingerprint density at radius 1 is 1.03 bits per heavy atom. The average molecular weight is 427 g/mol. The minimum atomic E-state index is -3.68. The van der Waals surface area contributed by atoms with Gasteiger partial charge >= 0.3 is 0 Å². The first-order valence-electron chi connectivity index (χ1n) is 9.84.